The summed E-state index contributed by atoms with van der Waals surface area (Å²) in [6, 6.07) is 3.55. The van der Waals surface area contributed by atoms with Gasteiger partial charge in [-0.15, -0.1) is 48.3 Å². The van der Waals surface area contributed by atoms with Crippen LogP contribution in [-0.4, -0.2) is 48.3 Å². The summed E-state index contributed by atoms with van der Waals surface area (Å²) in [6.07, 6.45) is 2.16. The first-order valence-corrected chi connectivity index (χ1v) is 10.6. The van der Waals surface area contributed by atoms with Crippen LogP contribution in [0.5, 0.6) is 0 Å². The second kappa shape index (κ2) is 18.5. The van der Waals surface area contributed by atoms with Crippen LogP contribution in [0.2, 0.25) is 0 Å². The molecule has 0 aliphatic carbocycles. The Bertz CT molecular complexity index is 251. The Morgan fingerprint density at radius 1 is 0.370 bits per heavy atom. The summed E-state index contributed by atoms with van der Waals surface area (Å²) in [4.78, 5) is 0. The minimum absolute atomic E-state index is 0. The van der Waals surface area contributed by atoms with E-state index in [-0.39, 0.29) is 19.5 Å². The summed E-state index contributed by atoms with van der Waals surface area (Å²) in [7, 11) is 0. The second-order valence-corrected chi connectivity index (χ2v) is 8.84. The fourth-order valence-electron chi connectivity index (χ4n) is 3.27. The Morgan fingerprint density at radius 2 is 0.519 bits per heavy atom. The number of rotatable bonds is 12. The van der Waals surface area contributed by atoms with Gasteiger partial charge in [-0.05, 0) is 0 Å². The first kappa shape index (κ1) is 32.1. The third kappa shape index (κ3) is 26.5. The van der Waals surface area contributed by atoms with E-state index < -0.39 is 0 Å². The van der Waals surface area contributed by atoms with Gasteiger partial charge in [0.05, 0.1) is 0 Å². The largest absolute Gasteiger partial charge is 0.657 e. The zero-order valence-corrected chi connectivity index (χ0v) is 23.5. The van der Waals surface area contributed by atoms with Crippen molar-refractivity contribution in [1.82, 2.24) is 0 Å². The molecular weight excluding hydrogens is 386 g/mol. The van der Waals surface area contributed by atoms with E-state index in [1.165, 1.54) is 0 Å². The van der Waals surface area contributed by atoms with Crippen LogP contribution in [-0.2, 0) is 19.5 Å². The van der Waals surface area contributed by atoms with Gasteiger partial charge in [0.15, 0.2) is 0 Å². The van der Waals surface area contributed by atoms with Gasteiger partial charge in [-0.2, -0.15) is 0 Å². The van der Waals surface area contributed by atoms with Gasteiger partial charge in [0.25, 0.3) is 0 Å². The molecule has 4 atom stereocenters. The summed E-state index contributed by atoms with van der Waals surface area (Å²) in [5.74, 6) is 0. The molecule has 0 aromatic carbocycles. The Kier molecular flexibility index (Phi) is 22.0. The number of hydrogen-bond donors (Lipinski definition) is 0. The van der Waals surface area contributed by atoms with Gasteiger partial charge >= 0.3 is 0 Å². The van der Waals surface area contributed by atoms with Gasteiger partial charge in [-0.3, -0.25) is 0 Å². The van der Waals surface area contributed by atoms with Crippen molar-refractivity contribution >= 4 is 0 Å². The van der Waals surface area contributed by atoms with Crippen LogP contribution in [0.3, 0.4) is 0 Å². The average molecular weight is 434 g/mol. The van der Waals surface area contributed by atoms with Crippen molar-refractivity contribution in [3.05, 3.63) is 21.3 Å². The van der Waals surface area contributed by atoms with Crippen LogP contribution in [0.4, 0.5) is 0 Å². The zero-order valence-electron chi connectivity index (χ0n) is 20.5. The molecule has 0 aromatic rings. The summed E-state index contributed by atoms with van der Waals surface area (Å²) in [6.45, 7) is 25.7. The molecule has 0 N–H and O–H groups in total. The molecule has 0 radical (unpaired) electrons. The molecule has 0 rings (SSSR count). The normalized spacial score (nSPS) is 16.0. The third-order valence-corrected chi connectivity index (χ3v) is 3.57. The predicted octanol–water partition coefficient (Wildman–Crippen LogP) is 7.43. The molecule has 0 spiro atoms. The fraction of sp³-hybridized carbons (Fsp3) is 1.00. The van der Waals surface area contributed by atoms with Crippen molar-refractivity contribution in [2.24, 2.45) is 0 Å². The first-order valence-electron chi connectivity index (χ1n) is 10.6. The smallest absolute Gasteiger partial charge is 0 e. The van der Waals surface area contributed by atoms with E-state index in [1.807, 2.05) is 0 Å². The van der Waals surface area contributed by atoms with E-state index in [0.29, 0.717) is 48.3 Å². The molecule has 0 aliphatic rings. The third-order valence-electron chi connectivity index (χ3n) is 3.57. The van der Waals surface area contributed by atoms with Crippen molar-refractivity contribution in [2.45, 2.75) is 144 Å². The molecule has 5 heteroatoms. The number of hydrogen-bond acceptors (Lipinski definition) is 0. The van der Waals surface area contributed by atoms with Crippen LogP contribution >= 0.6 is 0 Å². The molecule has 162 valence electrons. The SMILES string of the molecule is CC(C)[N-]C(C)CC(C)[N-]C(C)C.CC(C)[N-]C(C)CC(C)[N-]C(C)C.[Zn]. The molecule has 0 saturated carbocycles. The standard InChI is InChI=1S/2C11H24N2.Zn/c2*1-8(2)12-10(5)7-11(6)13-9(3)4;/h2*8-11H,7H2,1-6H3;/q2*-2;. The maximum Gasteiger partial charge on any atom is 0 e. The monoisotopic (exact) mass is 432 g/mol. The van der Waals surface area contributed by atoms with E-state index >= 15 is 0 Å². The van der Waals surface area contributed by atoms with Crippen LogP contribution < -0.4 is 0 Å². The zero-order chi connectivity index (χ0) is 20.9. The van der Waals surface area contributed by atoms with Crippen molar-refractivity contribution in [3.63, 3.8) is 0 Å². The van der Waals surface area contributed by atoms with Gasteiger partial charge in [0, 0.05) is 19.5 Å². The molecule has 0 aromatic heterocycles. The van der Waals surface area contributed by atoms with E-state index in [0.717, 1.165) is 12.8 Å². The molecule has 0 saturated heterocycles. The molecule has 0 heterocycles. The predicted molar refractivity (Wildman–Crippen MR) is 121 cm³/mol. The molecule has 0 amide bonds. The van der Waals surface area contributed by atoms with E-state index in [9.17, 15) is 0 Å². The van der Waals surface area contributed by atoms with E-state index in [2.05, 4.69) is 104 Å². The minimum atomic E-state index is 0. The van der Waals surface area contributed by atoms with Crippen LogP contribution in [0.15, 0.2) is 0 Å². The Balaban J connectivity index is -0.000000411. The molecule has 4 unspecified atom stereocenters. The molecule has 4 nitrogen and oxygen atoms in total. The second-order valence-electron chi connectivity index (χ2n) is 8.84. The quantitative estimate of drug-likeness (QED) is 0.287. The summed E-state index contributed by atoms with van der Waals surface area (Å²) in [5.41, 5.74) is 0. The van der Waals surface area contributed by atoms with Crippen molar-refractivity contribution in [1.29, 1.82) is 0 Å². The van der Waals surface area contributed by atoms with Crippen LogP contribution in [0.25, 0.3) is 21.3 Å². The number of nitrogens with zero attached hydrogens (tertiary/aromatic N) is 4. The van der Waals surface area contributed by atoms with Gasteiger partial charge in [-0.25, -0.2) is 0 Å². The van der Waals surface area contributed by atoms with Gasteiger partial charge in [0.2, 0.25) is 0 Å². The Labute approximate surface area is 184 Å². The summed E-state index contributed by atoms with van der Waals surface area (Å²) >= 11 is 0. The van der Waals surface area contributed by atoms with Gasteiger partial charge in [0.1, 0.15) is 0 Å². The fourth-order valence-corrected chi connectivity index (χ4v) is 3.27. The maximum absolute atomic E-state index is 4.56. The summed E-state index contributed by atoms with van der Waals surface area (Å²) in [5, 5.41) is 18.3. The topological polar surface area (TPSA) is 56.4 Å². The minimum Gasteiger partial charge on any atom is -0.657 e. The molecule has 0 bridgehead atoms. The van der Waals surface area contributed by atoms with Gasteiger partial charge in [-0.1, -0.05) is 95.9 Å². The Morgan fingerprint density at radius 3 is 0.630 bits per heavy atom. The molecule has 0 aliphatic heterocycles. The molecular formula is C22H48N4Zn-4. The first-order chi connectivity index (χ1) is 11.8. The van der Waals surface area contributed by atoms with Gasteiger partial charge < -0.3 is 21.3 Å². The van der Waals surface area contributed by atoms with E-state index in [1.54, 1.807) is 0 Å². The Hall–Kier alpha value is 0.463. The van der Waals surface area contributed by atoms with Crippen molar-refractivity contribution in [2.75, 3.05) is 0 Å². The average Bonchev–Trinajstić information content (AvgIpc) is 2.33. The molecule has 0 fully saturated rings. The van der Waals surface area contributed by atoms with Crippen molar-refractivity contribution < 1.29 is 19.5 Å². The van der Waals surface area contributed by atoms with Crippen LogP contribution in [0, 0.1) is 0 Å². The van der Waals surface area contributed by atoms with Crippen LogP contribution in [0.1, 0.15) is 95.9 Å². The summed E-state index contributed by atoms with van der Waals surface area (Å²) < 4.78 is 0. The molecule has 27 heavy (non-hydrogen) atoms. The van der Waals surface area contributed by atoms with Crippen molar-refractivity contribution in [3.8, 4) is 0 Å². The maximum atomic E-state index is 4.56. The van der Waals surface area contributed by atoms with E-state index in [4.69, 9.17) is 0 Å².